The van der Waals surface area contributed by atoms with Crippen molar-refractivity contribution in [3.63, 3.8) is 0 Å². The summed E-state index contributed by atoms with van der Waals surface area (Å²) in [5.41, 5.74) is 5.64. The molecule has 0 saturated heterocycles. The van der Waals surface area contributed by atoms with Crippen LogP contribution in [0.1, 0.15) is 30.6 Å². The topological polar surface area (TPSA) is 83.6 Å². The molecule has 1 aromatic carbocycles. The number of hydrogen-bond donors (Lipinski definition) is 2. The van der Waals surface area contributed by atoms with E-state index in [2.05, 4.69) is 0 Å². The monoisotopic (exact) mass is 250 g/mol. The van der Waals surface area contributed by atoms with Gasteiger partial charge in [-0.25, -0.2) is 4.79 Å². The van der Waals surface area contributed by atoms with E-state index in [4.69, 9.17) is 10.8 Å². The Hall–Kier alpha value is -1.88. The first-order valence-corrected chi connectivity index (χ1v) is 5.60. The van der Waals surface area contributed by atoms with Crippen molar-refractivity contribution >= 4 is 17.6 Å². The second kappa shape index (κ2) is 5.18. The van der Waals surface area contributed by atoms with Crippen molar-refractivity contribution in [1.82, 2.24) is 0 Å². The summed E-state index contributed by atoms with van der Waals surface area (Å²) in [5.74, 6) is -1.27. The van der Waals surface area contributed by atoms with Gasteiger partial charge in [0.2, 0.25) is 5.91 Å². The number of aromatic carboxylic acids is 1. The van der Waals surface area contributed by atoms with E-state index in [9.17, 15) is 9.59 Å². The van der Waals surface area contributed by atoms with Crippen LogP contribution in [-0.2, 0) is 4.79 Å². The Labute approximate surface area is 106 Å². The van der Waals surface area contributed by atoms with Crippen molar-refractivity contribution in [1.29, 1.82) is 0 Å². The van der Waals surface area contributed by atoms with Gasteiger partial charge >= 0.3 is 5.97 Å². The molecule has 0 aliphatic carbocycles. The number of carbonyl (C=O) groups excluding carboxylic acids is 1. The molecule has 18 heavy (non-hydrogen) atoms. The number of amides is 1. The normalized spacial score (nSPS) is 11.1. The zero-order valence-electron chi connectivity index (χ0n) is 10.8. The Morgan fingerprint density at radius 2 is 1.89 bits per heavy atom. The lowest BCUT2D eigenvalue weighted by atomic mass is 10.0. The minimum absolute atomic E-state index is 0.100. The molecule has 0 aromatic heterocycles. The summed E-state index contributed by atoms with van der Waals surface area (Å²) >= 11 is 0. The van der Waals surface area contributed by atoms with E-state index in [-0.39, 0.29) is 17.9 Å². The van der Waals surface area contributed by atoms with Gasteiger partial charge in [0.05, 0.1) is 11.3 Å². The molecule has 1 rings (SSSR count). The highest BCUT2D eigenvalue weighted by Crippen LogP contribution is 2.21. The fraction of sp³-hybridized carbons (Fsp3) is 0.385. The molecular formula is C13H18N2O3. The first kappa shape index (κ1) is 14.2. The van der Waals surface area contributed by atoms with Gasteiger partial charge < -0.3 is 15.7 Å². The molecule has 0 spiro atoms. The molecule has 3 N–H and O–H groups in total. The summed E-state index contributed by atoms with van der Waals surface area (Å²) in [7, 11) is 1.55. The van der Waals surface area contributed by atoms with E-state index < -0.39 is 11.5 Å². The number of carboxylic acids is 1. The van der Waals surface area contributed by atoms with Gasteiger partial charge in [0.1, 0.15) is 0 Å². The largest absolute Gasteiger partial charge is 0.478 e. The SMILES string of the molecule is CN(C(=O)CC(C)(C)N)c1ccccc1C(=O)O. The van der Waals surface area contributed by atoms with Crippen LogP contribution in [0.4, 0.5) is 5.69 Å². The highest BCUT2D eigenvalue weighted by molar-refractivity contribution is 6.01. The third kappa shape index (κ3) is 3.56. The van der Waals surface area contributed by atoms with E-state index in [1.807, 2.05) is 0 Å². The molecule has 0 bridgehead atoms. The molecule has 5 nitrogen and oxygen atoms in total. The standard InChI is InChI=1S/C13H18N2O3/c1-13(2,14)8-11(16)15(3)10-7-5-4-6-9(10)12(17)18/h4-7H,8,14H2,1-3H3,(H,17,18). The molecule has 0 heterocycles. The third-order valence-electron chi connectivity index (χ3n) is 2.48. The number of nitrogens with zero attached hydrogens (tertiary/aromatic N) is 1. The maximum absolute atomic E-state index is 12.0. The van der Waals surface area contributed by atoms with E-state index in [0.717, 1.165) is 0 Å². The number of carbonyl (C=O) groups is 2. The van der Waals surface area contributed by atoms with Crippen molar-refractivity contribution < 1.29 is 14.7 Å². The average Bonchev–Trinajstić information content (AvgIpc) is 2.25. The average molecular weight is 250 g/mol. The van der Waals surface area contributed by atoms with Crippen molar-refractivity contribution in [2.45, 2.75) is 25.8 Å². The van der Waals surface area contributed by atoms with E-state index >= 15 is 0 Å². The molecule has 0 fully saturated rings. The number of nitrogens with two attached hydrogens (primary N) is 1. The molecule has 0 aliphatic rings. The lowest BCUT2D eigenvalue weighted by Gasteiger charge is -2.24. The van der Waals surface area contributed by atoms with Gasteiger partial charge in [-0.2, -0.15) is 0 Å². The first-order valence-electron chi connectivity index (χ1n) is 5.60. The summed E-state index contributed by atoms with van der Waals surface area (Å²) in [5, 5.41) is 9.07. The highest BCUT2D eigenvalue weighted by Gasteiger charge is 2.22. The molecule has 0 unspecified atom stereocenters. The van der Waals surface area contributed by atoms with Crippen LogP contribution in [-0.4, -0.2) is 29.6 Å². The van der Waals surface area contributed by atoms with Crippen molar-refractivity contribution in [2.75, 3.05) is 11.9 Å². The van der Waals surface area contributed by atoms with Crippen LogP contribution in [0.25, 0.3) is 0 Å². The van der Waals surface area contributed by atoms with Crippen LogP contribution in [0.5, 0.6) is 0 Å². The highest BCUT2D eigenvalue weighted by atomic mass is 16.4. The molecule has 5 heteroatoms. The van der Waals surface area contributed by atoms with Crippen LogP contribution < -0.4 is 10.6 Å². The number of anilines is 1. The zero-order chi connectivity index (χ0) is 13.9. The van der Waals surface area contributed by atoms with E-state index in [1.165, 1.54) is 11.0 Å². The minimum Gasteiger partial charge on any atom is -0.478 e. The van der Waals surface area contributed by atoms with Gasteiger partial charge in [-0.15, -0.1) is 0 Å². The molecule has 0 aliphatic heterocycles. The fourth-order valence-electron chi connectivity index (χ4n) is 1.59. The van der Waals surface area contributed by atoms with E-state index in [1.54, 1.807) is 39.1 Å². The number of rotatable bonds is 4. The zero-order valence-corrected chi connectivity index (χ0v) is 10.8. The summed E-state index contributed by atoms with van der Waals surface area (Å²) in [4.78, 5) is 24.4. The molecule has 1 amide bonds. The summed E-state index contributed by atoms with van der Waals surface area (Å²) in [6, 6.07) is 6.39. The van der Waals surface area contributed by atoms with Crippen LogP contribution in [0.3, 0.4) is 0 Å². The summed E-state index contributed by atoms with van der Waals surface area (Å²) in [6.07, 6.45) is 0.150. The quantitative estimate of drug-likeness (QED) is 0.847. The third-order valence-corrected chi connectivity index (χ3v) is 2.48. The minimum atomic E-state index is -1.06. The second-order valence-corrected chi connectivity index (χ2v) is 4.94. The molecular weight excluding hydrogens is 232 g/mol. The maximum atomic E-state index is 12.0. The van der Waals surface area contributed by atoms with Gasteiger partial charge in [0.25, 0.3) is 0 Å². The fourth-order valence-corrected chi connectivity index (χ4v) is 1.59. The van der Waals surface area contributed by atoms with Crippen LogP contribution >= 0.6 is 0 Å². The predicted octanol–water partition coefficient (Wildman–Crippen LogP) is 1.47. The molecule has 0 atom stereocenters. The Bertz CT molecular complexity index is 464. The van der Waals surface area contributed by atoms with Crippen molar-refractivity contribution in [3.8, 4) is 0 Å². The van der Waals surface area contributed by atoms with Gasteiger partial charge in [-0.05, 0) is 26.0 Å². The smallest absolute Gasteiger partial charge is 0.337 e. The predicted molar refractivity (Wildman–Crippen MR) is 69.7 cm³/mol. The number of benzene rings is 1. The lowest BCUT2D eigenvalue weighted by Crippen LogP contribution is -2.40. The first-order chi connectivity index (χ1) is 8.22. The van der Waals surface area contributed by atoms with Crippen molar-refractivity contribution in [3.05, 3.63) is 29.8 Å². The molecule has 98 valence electrons. The Balaban J connectivity index is 3.00. The number of para-hydroxylation sites is 1. The summed E-state index contributed by atoms with van der Waals surface area (Å²) < 4.78 is 0. The molecule has 0 radical (unpaired) electrons. The van der Waals surface area contributed by atoms with Gasteiger partial charge in [0, 0.05) is 19.0 Å². The Morgan fingerprint density at radius 1 is 1.33 bits per heavy atom. The molecule has 1 aromatic rings. The summed E-state index contributed by atoms with van der Waals surface area (Å²) in [6.45, 7) is 3.50. The second-order valence-electron chi connectivity index (χ2n) is 4.94. The van der Waals surface area contributed by atoms with Gasteiger partial charge in [-0.3, -0.25) is 4.79 Å². The number of carboxylic acid groups (broad SMARTS) is 1. The van der Waals surface area contributed by atoms with Crippen LogP contribution in [0, 0.1) is 0 Å². The van der Waals surface area contributed by atoms with Crippen LogP contribution in [0.2, 0.25) is 0 Å². The Morgan fingerprint density at radius 3 is 2.39 bits per heavy atom. The van der Waals surface area contributed by atoms with Crippen molar-refractivity contribution in [2.24, 2.45) is 5.73 Å². The van der Waals surface area contributed by atoms with Gasteiger partial charge in [0.15, 0.2) is 0 Å². The maximum Gasteiger partial charge on any atom is 0.337 e. The van der Waals surface area contributed by atoms with Gasteiger partial charge in [-0.1, -0.05) is 12.1 Å². The number of hydrogen-bond acceptors (Lipinski definition) is 3. The van der Waals surface area contributed by atoms with E-state index in [0.29, 0.717) is 5.69 Å². The molecule has 0 saturated carbocycles. The lowest BCUT2D eigenvalue weighted by molar-refractivity contribution is -0.119. The Kier molecular flexibility index (Phi) is 4.08. The van der Waals surface area contributed by atoms with Crippen LogP contribution in [0.15, 0.2) is 24.3 Å².